The highest BCUT2D eigenvalue weighted by Gasteiger charge is 2.28. The van der Waals surface area contributed by atoms with Gasteiger partial charge in [-0.15, -0.1) is 17.8 Å². The number of thiazole rings is 1. The number of terminal acetylenes is 1. The maximum absolute atomic E-state index is 12.7. The van der Waals surface area contributed by atoms with Gasteiger partial charge in [0.05, 0.1) is 42.1 Å². The van der Waals surface area contributed by atoms with Gasteiger partial charge in [-0.3, -0.25) is 9.59 Å². The van der Waals surface area contributed by atoms with Gasteiger partial charge in [0.15, 0.2) is 14.6 Å². The molecule has 0 saturated heterocycles. The molecular formula is C26H25N3O8S3. The third-order valence-electron chi connectivity index (χ3n) is 6.08. The summed E-state index contributed by atoms with van der Waals surface area (Å²) >= 11 is 2.28. The van der Waals surface area contributed by atoms with Gasteiger partial charge in [0.25, 0.3) is 5.91 Å². The minimum atomic E-state index is -4.21. The van der Waals surface area contributed by atoms with E-state index in [9.17, 15) is 27.6 Å². The molecule has 0 fully saturated rings. The molecule has 1 aliphatic carbocycles. The largest absolute Gasteiger partial charge is 0.465 e. The van der Waals surface area contributed by atoms with Crippen molar-refractivity contribution in [1.82, 2.24) is 4.57 Å². The molecule has 0 radical (unpaired) electrons. The number of nitrogens with zero attached hydrogens (tertiary/aromatic N) is 2. The van der Waals surface area contributed by atoms with Gasteiger partial charge in [-0.25, -0.2) is 18.0 Å². The maximum atomic E-state index is 12.7. The molecular weight excluding hydrogens is 579 g/mol. The average molecular weight is 604 g/mol. The van der Waals surface area contributed by atoms with Crippen LogP contribution in [0.15, 0.2) is 23.2 Å². The Kier molecular flexibility index (Phi) is 8.87. The molecule has 0 atom stereocenters. The molecule has 4 rings (SSSR count). The zero-order valence-corrected chi connectivity index (χ0v) is 24.1. The lowest BCUT2D eigenvalue weighted by Crippen LogP contribution is -2.28. The summed E-state index contributed by atoms with van der Waals surface area (Å²) < 4.78 is 37.2. The Balaban J connectivity index is 1.53. The summed E-state index contributed by atoms with van der Waals surface area (Å²) in [4.78, 5) is 54.6. The van der Waals surface area contributed by atoms with Crippen molar-refractivity contribution in [2.24, 2.45) is 4.99 Å². The second-order valence-corrected chi connectivity index (χ2v) is 13.0. The standard InChI is InChI=1S/C26H25N3O8S3/c1-4-11-29-17-10-9-15(24(32)36-2)12-19(17)39-26(29)28-21(31)14-40(34,35)13-20(30)27-23-22(25(33)37-3)16-7-5-6-8-18(16)38-23/h1,9-10,12H,5-8,11,13-14H2,2-3H3,(H,27,30). The van der Waals surface area contributed by atoms with Crippen LogP contribution < -0.4 is 10.1 Å². The summed E-state index contributed by atoms with van der Waals surface area (Å²) in [7, 11) is -1.72. The molecule has 40 heavy (non-hydrogen) atoms. The van der Waals surface area contributed by atoms with Crippen molar-refractivity contribution >= 4 is 71.5 Å². The van der Waals surface area contributed by atoms with E-state index >= 15 is 0 Å². The summed E-state index contributed by atoms with van der Waals surface area (Å²) in [6, 6.07) is 4.73. The zero-order chi connectivity index (χ0) is 29.0. The molecule has 1 N–H and O–H groups in total. The molecule has 1 aromatic carbocycles. The SMILES string of the molecule is C#CCn1c(=NC(=O)CS(=O)(=O)CC(=O)Nc2sc3c(c2C(=O)OC)CCCC3)sc2cc(C(=O)OC)ccc21. The first-order valence-corrected chi connectivity index (χ1v) is 15.5. The highest BCUT2D eigenvalue weighted by Crippen LogP contribution is 2.38. The van der Waals surface area contributed by atoms with Gasteiger partial charge in [0.1, 0.15) is 16.5 Å². The second kappa shape index (κ2) is 12.2. The van der Waals surface area contributed by atoms with E-state index in [1.807, 2.05) is 0 Å². The number of esters is 2. The van der Waals surface area contributed by atoms with Gasteiger partial charge in [-0.2, -0.15) is 4.99 Å². The third-order valence-corrected chi connectivity index (χ3v) is 9.72. The van der Waals surface area contributed by atoms with E-state index in [1.165, 1.54) is 31.6 Å². The van der Waals surface area contributed by atoms with Gasteiger partial charge in [0.2, 0.25) is 5.91 Å². The molecule has 210 valence electrons. The van der Waals surface area contributed by atoms with Crippen LogP contribution in [0.25, 0.3) is 10.2 Å². The number of carbonyl (C=O) groups is 4. The van der Waals surface area contributed by atoms with Crippen molar-refractivity contribution in [2.45, 2.75) is 32.2 Å². The molecule has 2 amide bonds. The topological polar surface area (TPSA) is 150 Å². The number of nitrogens with one attached hydrogen (secondary N) is 1. The average Bonchev–Trinajstić information content (AvgIpc) is 3.43. The predicted molar refractivity (Wildman–Crippen MR) is 150 cm³/mol. The molecule has 0 spiro atoms. The fraction of sp³-hybridized carbons (Fsp3) is 0.346. The molecule has 11 nitrogen and oxygen atoms in total. The monoisotopic (exact) mass is 603 g/mol. The number of amides is 2. The minimum absolute atomic E-state index is 0.0478. The number of anilines is 1. The Morgan fingerprint density at radius 1 is 1.07 bits per heavy atom. The number of rotatable bonds is 8. The van der Waals surface area contributed by atoms with Crippen molar-refractivity contribution in [1.29, 1.82) is 0 Å². The third kappa shape index (κ3) is 6.33. The Bertz CT molecular complexity index is 1740. The molecule has 0 aliphatic heterocycles. The molecule has 14 heteroatoms. The van der Waals surface area contributed by atoms with Gasteiger partial charge in [-0.1, -0.05) is 17.3 Å². The van der Waals surface area contributed by atoms with Crippen LogP contribution in [0.3, 0.4) is 0 Å². The normalized spacial score (nSPS) is 13.4. The summed E-state index contributed by atoms with van der Waals surface area (Å²) in [5, 5.41) is 2.76. The van der Waals surface area contributed by atoms with Crippen LogP contribution in [0.1, 0.15) is 44.0 Å². The van der Waals surface area contributed by atoms with Crippen molar-refractivity contribution < 1.29 is 37.1 Å². The van der Waals surface area contributed by atoms with Crippen molar-refractivity contribution in [3.05, 3.63) is 44.6 Å². The molecule has 0 unspecified atom stereocenters. The van der Waals surface area contributed by atoms with Crippen molar-refractivity contribution in [3.63, 3.8) is 0 Å². The number of hydrogen-bond donors (Lipinski definition) is 1. The first-order valence-electron chi connectivity index (χ1n) is 12.0. The highest BCUT2D eigenvalue weighted by atomic mass is 32.2. The molecule has 3 aromatic rings. The lowest BCUT2D eigenvalue weighted by Gasteiger charge is -2.11. The first kappa shape index (κ1) is 29.2. The predicted octanol–water partition coefficient (Wildman–Crippen LogP) is 2.33. The van der Waals surface area contributed by atoms with Gasteiger partial charge in [-0.05, 0) is 49.4 Å². The highest BCUT2D eigenvalue weighted by molar-refractivity contribution is 7.92. The fourth-order valence-corrected chi connectivity index (χ4v) is 7.75. The number of fused-ring (bicyclic) bond motifs is 2. The van der Waals surface area contributed by atoms with E-state index in [4.69, 9.17) is 15.9 Å². The lowest BCUT2D eigenvalue weighted by molar-refractivity contribution is -0.115. The van der Waals surface area contributed by atoms with E-state index in [0.29, 0.717) is 16.6 Å². The van der Waals surface area contributed by atoms with E-state index in [0.717, 1.165) is 41.0 Å². The number of carbonyl (C=O) groups excluding carboxylic acids is 4. The number of hydrogen-bond acceptors (Lipinski definition) is 10. The van der Waals surface area contributed by atoms with Gasteiger partial charge < -0.3 is 19.4 Å². The number of aromatic nitrogens is 1. The summed E-state index contributed by atoms with van der Waals surface area (Å²) in [6.45, 7) is 0.0478. The van der Waals surface area contributed by atoms with E-state index in [-0.39, 0.29) is 27.5 Å². The smallest absolute Gasteiger partial charge is 0.341 e. The van der Waals surface area contributed by atoms with Crippen LogP contribution in [-0.4, -0.2) is 62.5 Å². The van der Waals surface area contributed by atoms with Crippen LogP contribution in [0, 0.1) is 12.3 Å². The summed E-state index contributed by atoms with van der Waals surface area (Å²) in [5.41, 5.74) is 1.96. The summed E-state index contributed by atoms with van der Waals surface area (Å²) in [5.74, 6) is -2.54. The number of ether oxygens (including phenoxy) is 2. The van der Waals surface area contributed by atoms with E-state index in [2.05, 4.69) is 16.2 Å². The quantitative estimate of drug-likeness (QED) is 0.305. The van der Waals surface area contributed by atoms with Crippen LogP contribution in [-0.2, 0) is 48.3 Å². The molecule has 2 aromatic heterocycles. The van der Waals surface area contributed by atoms with Crippen LogP contribution in [0.4, 0.5) is 5.00 Å². The summed E-state index contributed by atoms with van der Waals surface area (Å²) in [6.07, 6.45) is 8.74. The Hall–Kier alpha value is -3.80. The number of thiophene rings is 1. The molecule has 0 saturated carbocycles. The molecule has 0 bridgehead atoms. The number of sulfone groups is 1. The maximum Gasteiger partial charge on any atom is 0.341 e. The first-order chi connectivity index (χ1) is 19.1. The molecule has 1 aliphatic rings. The van der Waals surface area contributed by atoms with E-state index < -0.39 is 45.1 Å². The van der Waals surface area contributed by atoms with Crippen LogP contribution in [0.5, 0.6) is 0 Å². The minimum Gasteiger partial charge on any atom is -0.465 e. The van der Waals surface area contributed by atoms with Crippen molar-refractivity contribution in [2.75, 3.05) is 31.0 Å². The van der Waals surface area contributed by atoms with Gasteiger partial charge in [0, 0.05) is 4.88 Å². The van der Waals surface area contributed by atoms with Crippen LogP contribution >= 0.6 is 22.7 Å². The Morgan fingerprint density at radius 3 is 2.50 bits per heavy atom. The lowest BCUT2D eigenvalue weighted by atomic mass is 9.95. The zero-order valence-electron chi connectivity index (χ0n) is 21.6. The second-order valence-electron chi connectivity index (χ2n) is 8.84. The fourth-order valence-electron chi connectivity index (χ4n) is 4.36. The Morgan fingerprint density at radius 2 is 1.80 bits per heavy atom. The Labute approximate surface area is 237 Å². The van der Waals surface area contributed by atoms with Crippen molar-refractivity contribution in [3.8, 4) is 12.3 Å². The number of methoxy groups -OCH3 is 2. The van der Waals surface area contributed by atoms with Gasteiger partial charge >= 0.3 is 11.9 Å². The van der Waals surface area contributed by atoms with E-state index in [1.54, 1.807) is 16.7 Å². The van der Waals surface area contributed by atoms with Crippen LogP contribution in [0.2, 0.25) is 0 Å². The number of aryl methyl sites for hydroxylation is 1. The molecule has 2 heterocycles. The number of benzene rings is 1.